The van der Waals surface area contributed by atoms with Crippen molar-refractivity contribution in [2.75, 3.05) is 32.8 Å². The van der Waals surface area contributed by atoms with E-state index in [-0.39, 0.29) is 29.5 Å². The summed E-state index contributed by atoms with van der Waals surface area (Å²) < 4.78 is 59.1. The molecule has 1 saturated heterocycles. The maximum absolute atomic E-state index is 13.1. The van der Waals surface area contributed by atoms with Crippen molar-refractivity contribution < 1.29 is 26.4 Å². The zero-order chi connectivity index (χ0) is 20.9. The molecule has 8 nitrogen and oxygen atoms in total. The molecule has 0 amide bonds. The Morgan fingerprint density at radius 3 is 2.39 bits per heavy atom. The number of nitrogens with zero attached hydrogens (tertiary/aromatic N) is 2. The highest BCUT2D eigenvalue weighted by molar-refractivity contribution is 7.90. The van der Waals surface area contributed by atoms with E-state index in [1.807, 2.05) is 0 Å². The van der Waals surface area contributed by atoms with Gasteiger partial charge in [0.2, 0.25) is 20.0 Å². The molecular formula is C18H28N2O6S2. The fraction of sp³-hybridized carbons (Fsp3) is 0.611. The highest BCUT2D eigenvalue weighted by atomic mass is 32.2. The Balaban J connectivity index is 2.33. The van der Waals surface area contributed by atoms with Crippen molar-refractivity contribution in [3.05, 3.63) is 24.3 Å². The van der Waals surface area contributed by atoms with Crippen molar-refractivity contribution in [2.24, 2.45) is 5.92 Å². The van der Waals surface area contributed by atoms with Crippen LogP contribution in [0.3, 0.4) is 0 Å². The van der Waals surface area contributed by atoms with Crippen LogP contribution in [0.2, 0.25) is 0 Å². The summed E-state index contributed by atoms with van der Waals surface area (Å²) in [6, 6.07) is 5.39. The summed E-state index contributed by atoms with van der Waals surface area (Å²) in [5, 5.41) is 0. The average molecular weight is 433 g/mol. The van der Waals surface area contributed by atoms with Crippen molar-refractivity contribution in [1.29, 1.82) is 0 Å². The number of rotatable bonds is 8. The fourth-order valence-corrected chi connectivity index (χ4v) is 6.42. The molecule has 10 heteroatoms. The summed E-state index contributed by atoms with van der Waals surface area (Å²) >= 11 is 0. The van der Waals surface area contributed by atoms with E-state index in [1.54, 1.807) is 20.8 Å². The van der Waals surface area contributed by atoms with Crippen LogP contribution in [0.15, 0.2) is 34.1 Å². The molecule has 158 valence electrons. The molecule has 0 N–H and O–H groups in total. The topological polar surface area (TPSA) is 101 Å². The molecule has 1 aliphatic heterocycles. The van der Waals surface area contributed by atoms with Crippen molar-refractivity contribution in [3.8, 4) is 0 Å². The first-order valence-corrected chi connectivity index (χ1v) is 12.3. The maximum Gasteiger partial charge on any atom is 0.310 e. The lowest BCUT2D eigenvalue weighted by molar-refractivity contribution is -0.149. The van der Waals surface area contributed by atoms with E-state index < -0.39 is 31.9 Å². The van der Waals surface area contributed by atoms with E-state index in [0.29, 0.717) is 25.9 Å². The summed E-state index contributed by atoms with van der Waals surface area (Å²) in [5.41, 5.74) is 0. The number of piperidine rings is 1. The van der Waals surface area contributed by atoms with Gasteiger partial charge in [0.05, 0.1) is 22.3 Å². The molecule has 0 bridgehead atoms. The summed E-state index contributed by atoms with van der Waals surface area (Å²) in [5.74, 6) is -0.911. The third-order valence-electron chi connectivity index (χ3n) is 4.79. The summed E-state index contributed by atoms with van der Waals surface area (Å²) in [6.45, 7) is 6.31. The summed E-state index contributed by atoms with van der Waals surface area (Å²) in [7, 11) is -7.69. The molecule has 0 aromatic heterocycles. The Kier molecular flexibility index (Phi) is 7.60. The van der Waals surface area contributed by atoms with Crippen LogP contribution in [0.4, 0.5) is 0 Å². The second-order valence-electron chi connectivity index (χ2n) is 6.52. The van der Waals surface area contributed by atoms with Gasteiger partial charge in [-0.3, -0.25) is 4.79 Å². The molecular weight excluding hydrogens is 404 g/mol. The van der Waals surface area contributed by atoms with Crippen LogP contribution < -0.4 is 0 Å². The van der Waals surface area contributed by atoms with Crippen molar-refractivity contribution >= 4 is 26.0 Å². The maximum atomic E-state index is 13.1. The van der Waals surface area contributed by atoms with Gasteiger partial charge in [0, 0.05) is 26.2 Å². The van der Waals surface area contributed by atoms with Gasteiger partial charge in [0.25, 0.3) is 0 Å². The molecule has 1 aromatic carbocycles. The Labute approximate surface area is 167 Å². The Morgan fingerprint density at radius 2 is 1.79 bits per heavy atom. The van der Waals surface area contributed by atoms with E-state index in [1.165, 1.54) is 32.9 Å². The van der Waals surface area contributed by atoms with Gasteiger partial charge in [-0.05, 0) is 38.0 Å². The molecule has 1 heterocycles. The highest BCUT2D eigenvalue weighted by Gasteiger charge is 2.34. The van der Waals surface area contributed by atoms with Gasteiger partial charge in [0.1, 0.15) is 0 Å². The number of ether oxygens (including phenoxy) is 1. The zero-order valence-electron chi connectivity index (χ0n) is 16.5. The number of benzene rings is 1. The number of carbonyl (C=O) groups excluding carboxylic acids is 1. The van der Waals surface area contributed by atoms with Gasteiger partial charge >= 0.3 is 5.97 Å². The Bertz CT molecular complexity index is 894. The predicted octanol–water partition coefficient (Wildman–Crippen LogP) is 1.68. The standard InChI is InChI=1S/C18H28N2O6S2/c1-4-19(5-2)27(22,23)16-10-7-11-17(13-16)28(24,25)20-12-8-9-15(14-20)18(21)26-6-3/h7,10-11,13,15H,4-6,8-9,12,14H2,1-3H3/t15-/m1/s1. The van der Waals surface area contributed by atoms with E-state index >= 15 is 0 Å². The first kappa shape index (κ1) is 22.8. The molecule has 2 rings (SSSR count). The molecule has 1 fully saturated rings. The minimum absolute atomic E-state index is 0.0359. The van der Waals surface area contributed by atoms with Crippen LogP contribution in [-0.2, 0) is 29.6 Å². The van der Waals surface area contributed by atoms with Crippen LogP contribution in [0.25, 0.3) is 0 Å². The summed E-state index contributed by atoms with van der Waals surface area (Å²) in [6.07, 6.45) is 1.11. The minimum Gasteiger partial charge on any atom is -0.466 e. The molecule has 0 unspecified atom stereocenters. The predicted molar refractivity (Wildman–Crippen MR) is 105 cm³/mol. The molecule has 1 atom stereocenters. The average Bonchev–Trinajstić information content (AvgIpc) is 2.69. The van der Waals surface area contributed by atoms with Gasteiger partial charge in [-0.15, -0.1) is 0 Å². The number of esters is 1. The largest absolute Gasteiger partial charge is 0.466 e. The smallest absolute Gasteiger partial charge is 0.310 e. The normalized spacial score (nSPS) is 18.9. The monoisotopic (exact) mass is 432 g/mol. The Morgan fingerprint density at radius 1 is 1.14 bits per heavy atom. The molecule has 0 radical (unpaired) electrons. The second-order valence-corrected chi connectivity index (χ2v) is 10.4. The number of hydrogen-bond donors (Lipinski definition) is 0. The summed E-state index contributed by atoms with van der Waals surface area (Å²) in [4.78, 5) is 11.9. The van der Waals surface area contributed by atoms with Crippen LogP contribution in [0.1, 0.15) is 33.6 Å². The molecule has 0 saturated carbocycles. The van der Waals surface area contributed by atoms with E-state index in [2.05, 4.69) is 0 Å². The van der Waals surface area contributed by atoms with Crippen LogP contribution in [0.5, 0.6) is 0 Å². The lowest BCUT2D eigenvalue weighted by Crippen LogP contribution is -2.42. The first-order valence-electron chi connectivity index (χ1n) is 9.45. The Hall–Kier alpha value is -1.49. The highest BCUT2D eigenvalue weighted by Crippen LogP contribution is 2.26. The van der Waals surface area contributed by atoms with Crippen LogP contribution in [-0.4, -0.2) is 64.2 Å². The van der Waals surface area contributed by atoms with Gasteiger partial charge in [0.15, 0.2) is 0 Å². The van der Waals surface area contributed by atoms with Gasteiger partial charge < -0.3 is 4.74 Å². The number of sulfonamides is 2. The van der Waals surface area contributed by atoms with Gasteiger partial charge in [-0.1, -0.05) is 19.9 Å². The van der Waals surface area contributed by atoms with Gasteiger partial charge in [-0.2, -0.15) is 8.61 Å². The number of hydrogen-bond acceptors (Lipinski definition) is 6. The molecule has 1 aliphatic rings. The third-order valence-corrected chi connectivity index (χ3v) is 8.70. The lowest BCUT2D eigenvalue weighted by Gasteiger charge is -2.30. The van der Waals surface area contributed by atoms with Crippen LogP contribution in [0, 0.1) is 5.92 Å². The van der Waals surface area contributed by atoms with E-state index in [0.717, 1.165) is 0 Å². The minimum atomic E-state index is -3.92. The number of carbonyl (C=O) groups is 1. The van der Waals surface area contributed by atoms with Crippen LogP contribution >= 0.6 is 0 Å². The molecule has 1 aromatic rings. The van der Waals surface area contributed by atoms with Gasteiger partial charge in [-0.25, -0.2) is 16.8 Å². The zero-order valence-corrected chi connectivity index (χ0v) is 18.1. The van der Waals surface area contributed by atoms with E-state index in [4.69, 9.17) is 4.74 Å². The quantitative estimate of drug-likeness (QED) is 0.579. The third kappa shape index (κ3) is 4.73. The van der Waals surface area contributed by atoms with Crippen molar-refractivity contribution in [2.45, 2.75) is 43.4 Å². The molecule has 0 spiro atoms. The fourth-order valence-electron chi connectivity index (χ4n) is 3.27. The lowest BCUT2D eigenvalue weighted by atomic mass is 10.0. The SMILES string of the molecule is CCOC(=O)[C@@H]1CCCN(S(=O)(=O)c2cccc(S(=O)(=O)N(CC)CC)c2)C1. The first-order chi connectivity index (χ1) is 13.2. The second kappa shape index (κ2) is 9.34. The van der Waals surface area contributed by atoms with E-state index in [9.17, 15) is 21.6 Å². The van der Waals surface area contributed by atoms with Crippen molar-refractivity contribution in [3.63, 3.8) is 0 Å². The van der Waals surface area contributed by atoms with Crippen molar-refractivity contribution in [1.82, 2.24) is 8.61 Å². The molecule has 28 heavy (non-hydrogen) atoms. The molecule has 0 aliphatic carbocycles.